The third-order valence-electron chi connectivity index (χ3n) is 4.49. The fourth-order valence-electron chi connectivity index (χ4n) is 2.43. The molecule has 1 aliphatic carbocycles. The molecule has 0 saturated heterocycles. The van der Waals surface area contributed by atoms with Gasteiger partial charge in [0.1, 0.15) is 0 Å². The van der Waals surface area contributed by atoms with E-state index in [0.717, 1.165) is 30.4 Å². The number of rotatable bonds is 5. The molecule has 2 rings (SSSR count). The molecule has 1 saturated carbocycles. The first kappa shape index (κ1) is 15.4. The minimum absolute atomic E-state index is 0.220. The van der Waals surface area contributed by atoms with Crippen molar-refractivity contribution in [1.82, 2.24) is 5.32 Å². The number of urea groups is 1. The Kier molecular flexibility index (Phi) is 4.21. The van der Waals surface area contributed by atoms with E-state index in [9.17, 15) is 14.7 Å². The van der Waals surface area contributed by atoms with Crippen LogP contribution in [0, 0.1) is 19.3 Å². The van der Waals surface area contributed by atoms with E-state index >= 15 is 0 Å². The van der Waals surface area contributed by atoms with Crippen LogP contribution in [-0.2, 0) is 0 Å². The molecule has 1 aliphatic rings. The van der Waals surface area contributed by atoms with Crippen LogP contribution < -0.4 is 10.6 Å². The number of benzene rings is 1. The summed E-state index contributed by atoms with van der Waals surface area (Å²) in [4.78, 5) is 23.1. The average molecular weight is 290 g/mol. The van der Waals surface area contributed by atoms with Gasteiger partial charge in [0.15, 0.2) is 0 Å². The van der Waals surface area contributed by atoms with Gasteiger partial charge in [-0.15, -0.1) is 0 Å². The number of aryl methyl sites for hydroxylation is 1. The zero-order chi connectivity index (χ0) is 15.6. The predicted molar refractivity (Wildman–Crippen MR) is 81.9 cm³/mol. The maximum atomic E-state index is 11.9. The third kappa shape index (κ3) is 3.54. The topological polar surface area (TPSA) is 78.4 Å². The number of amides is 2. The number of carboxylic acid groups (broad SMARTS) is 1. The van der Waals surface area contributed by atoms with Crippen molar-refractivity contribution in [2.75, 3.05) is 11.9 Å². The van der Waals surface area contributed by atoms with Crippen LogP contribution in [-0.4, -0.2) is 23.7 Å². The minimum atomic E-state index is -0.984. The molecule has 0 radical (unpaired) electrons. The van der Waals surface area contributed by atoms with Crippen LogP contribution in [0.3, 0.4) is 0 Å². The number of carbonyl (C=O) groups is 2. The molecule has 0 aliphatic heterocycles. The van der Waals surface area contributed by atoms with E-state index in [1.807, 2.05) is 6.92 Å². The Morgan fingerprint density at radius 3 is 2.48 bits per heavy atom. The highest BCUT2D eigenvalue weighted by atomic mass is 16.4. The van der Waals surface area contributed by atoms with E-state index in [2.05, 4.69) is 17.6 Å². The van der Waals surface area contributed by atoms with Crippen LogP contribution >= 0.6 is 0 Å². The van der Waals surface area contributed by atoms with Gasteiger partial charge in [-0.3, -0.25) is 0 Å². The molecule has 5 heteroatoms. The fourth-order valence-corrected chi connectivity index (χ4v) is 2.43. The zero-order valence-corrected chi connectivity index (χ0v) is 12.7. The summed E-state index contributed by atoms with van der Waals surface area (Å²) in [6, 6.07) is 3.00. The van der Waals surface area contributed by atoms with Crippen LogP contribution in [0.15, 0.2) is 12.1 Å². The summed E-state index contributed by atoms with van der Waals surface area (Å²) in [6.45, 7) is 6.41. The van der Waals surface area contributed by atoms with Gasteiger partial charge in [0, 0.05) is 12.2 Å². The number of nitrogens with one attached hydrogen (secondary N) is 2. The number of anilines is 1. The Morgan fingerprint density at radius 2 is 1.95 bits per heavy atom. The van der Waals surface area contributed by atoms with Crippen molar-refractivity contribution in [3.8, 4) is 0 Å². The second-order valence-corrected chi connectivity index (χ2v) is 5.93. The van der Waals surface area contributed by atoms with Crippen molar-refractivity contribution in [1.29, 1.82) is 0 Å². The van der Waals surface area contributed by atoms with E-state index in [1.165, 1.54) is 6.07 Å². The van der Waals surface area contributed by atoms with E-state index in [1.54, 1.807) is 13.0 Å². The highest BCUT2D eigenvalue weighted by Crippen LogP contribution is 2.47. The molecule has 1 aromatic rings. The van der Waals surface area contributed by atoms with Crippen molar-refractivity contribution in [3.05, 3.63) is 28.8 Å². The Bertz CT molecular complexity index is 577. The largest absolute Gasteiger partial charge is 0.478 e. The van der Waals surface area contributed by atoms with E-state index in [-0.39, 0.29) is 17.0 Å². The van der Waals surface area contributed by atoms with Crippen molar-refractivity contribution in [2.24, 2.45) is 5.41 Å². The zero-order valence-electron chi connectivity index (χ0n) is 12.7. The summed E-state index contributed by atoms with van der Waals surface area (Å²) in [5.74, 6) is -0.984. The quantitative estimate of drug-likeness (QED) is 0.778. The Hall–Kier alpha value is -2.04. The van der Waals surface area contributed by atoms with Crippen LogP contribution in [0.1, 0.15) is 47.7 Å². The molecule has 5 nitrogen and oxygen atoms in total. The van der Waals surface area contributed by atoms with E-state index in [4.69, 9.17) is 0 Å². The van der Waals surface area contributed by atoms with Crippen LogP contribution in [0.25, 0.3) is 0 Å². The molecule has 1 fully saturated rings. The normalized spacial score (nSPS) is 15.4. The molecule has 114 valence electrons. The van der Waals surface area contributed by atoms with Gasteiger partial charge < -0.3 is 15.7 Å². The number of carboxylic acids is 1. The fraction of sp³-hybridized carbons (Fsp3) is 0.500. The van der Waals surface area contributed by atoms with Gasteiger partial charge in [-0.1, -0.05) is 6.92 Å². The molecule has 0 heterocycles. The summed E-state index contributed by atoms with van der Waals surface area (Å²) >= 11 is 0. The van der Waals surface area contributed by atoms with Crippen molar-refractivity contribution in [2.45, 2.75) is 40.0 Å². The van der Waals surface area contributed by atoms with Crippen molar-refractivity contribution < 1.29 is 14.7 Å². The highest BCUT2D eigenvalue weighted by molar-refractivity contribution is 5.94. The summed E-state index contributed by atoms with van der Waals surface area (Å²) in [6.07, 6.45) is 3.40. The van der Waals surface area contributed by atoms with Gasteiger partial charge in [0.2, 0.25) is 0 Å². The van der Waals surface area contributed by atoms with Gasteiger partial charge in [0.25, 0.3) is 0 Å². The smallest absolute Gasteiger partial charge is 0.336 e. The average Bonchev–Trinajstić information content (AvgIpc) is 3.21. The Labute approximate surface area is 124 Å². The molecule has 1 aromatic carbocycles. The molecule has 21 heavy (non-hydrogen) atoms. The maximum Gasteiger partial charge on any atom is 0.336 e. The van der Waals surface area contributed by atoms with Crippen LogP contribution in [0.4, 0.5) is 10.5 Å². The lowest BCUT2D eigenvalue weighted by Gasteiger charge is -2.15. The standard InChI is InChI=1S/C16H22N2O3/c1-4-16(5-6-16)9-17-15(21)18-12-7-10(2)11(3)13(8-12)14(19)20/h7-8H,4-6,9H2,1-3H3,(H,19,20)(H2,17,18,21). The molecular weight excluding hydrogens is 268 g/mol. The first-order valence-corrected chi connectivity index (χ1v) is 7.26. The first-order valence-electron chi connectivity index (χ1n) is 7.26. The van der Waals surface area contributed by atoms with Gasteiger partial charge >= 0.3 is 12.0 Å². The second-order valence-electron chi connectivity index (χ2n) is 5.93. The summed E-state index contributed by atoms with van der Waals surface area (Å²) in [5, 5.41) is 14.8. The monoisotopic (exact) mass is 290 g/mol. The summed E-state index contributed by atoms with van der Waals surface area (Å²) in [5.41, 5.74) is 2.58. The van der Waals surface area contributed by atoms with Gasteiger partial charge in [-0.25, -0.2) is 9.59 Å². The Morgan fingerprint density at radius 1 is 1.29 bits per heavy atom. The van der Waals surface area contributed by atoms with Crippen molar-refractivity contribution >= 4 is 17.7 Å². The van der Waals surface area contributed by atoms with Crippen LogP contribution in [0.2, 0.25) is 0 Å². The van der Waals surface area contributed by atoms with Gasteiger partial charge in [-0.05, 0) is 61.8 Å². The Balaban J connectivity index is 2.02. The van der Waals surface area contributed by atoms with Gasteiger partial charge in [-0.2, -0.15) is 0 Å². The predicted octanol–water partition coefficient (Wildman–Crippen LogP) is 3.31. The number of carbonyl (C=O) groups excluding carboxylic acids is 1. The molecule has 0 bridgehead atoms. The number of aromatic carboxylic acids is 1. The minimum Gasteiger partial charge on any atom is -0.478 e. The molecule has 0 spiro atoms. The molecule has 0 aromatic heterocycles. The number of hydrogen-bond acceptors (Lipinski definition) is 2. The first-order chi connectivity index (χ1) is 9.87. The third-order valence-corrected chi connectivity index (χ3v) is 4.49. The number of hydrogen-bond donors (Lipinski definition) is 3. The molecule has 0 atom stereocenters. The molecule has 0 unspecified atom stereocenters. The van der Waals surface area contributed by atoms with Crippen LogP contribution in [0.5, 0.6) is 0 Å². The highest BCUT2D eigenvalue weighted by Gasteiger charge is 2.40. The molecular formula is C16H22N2O3. The maximum absolute atomic E-state index is 11.9. The van der Waals surface area contributed by atoms with E-state index in [0.29, 0.717) is 12.2 Å². The van der Waals surface area contributed by atoms with Crippen molar-refractivity contribution in [3.63, 3.8) is 0 Å². The summed E-state index contributed by atoms with van der Waals surface area (Å²) < 4.78 is 0. The second kappa shape index (κ2) is 5.76. The molecule has 2 amide bonds. The molecule has 3 N–H and O–H groups in total. The van der Waals surface area contributed by atoms with E-state index < -0.39 is 5.97 Å². The SMILES string of the molecule is CCC1(CNC(=O)Nc2cc(C)c(C)c(C(=O)O)c2)CC1. The van der Waals surface area contributed by atoms with Gasteiger partial charge in [0.05, 0.1) is 5.56 Å². The lowest BCUT2D eigenvalue weighted by Crippen LogP contribution is -2.33. The summed E-state index contributed by atoms with van der Waals surface area (Å²) in [7, 11) is 0. The lowest BCUT2D eigenvalue weighted by molar-refractivity contribution is 0.0696. The lowest BCUT2D eigenvalue weighted by atomic mass is 10.0.